The molecule has 2 nitrogen and oxygen atoms in total. The molecular weight excluding hydrogens is 256 g/mol. The van der Waals surface area contributed by atoms with Gasteiger partial charge in [-0.3, -0.25) is 0 Å². The Morgan fingerprint density at radius 1 is 1.10 bits per heavy atom. The average molecular weight is 288 g/mol. The standard InChI is InChI=1S/C19H32N2/c1-15-12-16(2)14-17(13-15)18(20-5)6-9-21-10-7-19(3,4)8-11-21/h12-14,18,20H,6-11H2,1-5H3. The van der Waals surface area contributed by atoms with E-state index in [-0.39, 0.29) is 0 Å². The molecule has 2 heteroatoms. The molecule has 1 fully saturated rings. The summed E-state index contributed by atoms with van der Waals surface area (Å²) in [6.45, 7) is 12.9. The van der Waals surface area contributed by atoms with E-state index in [4.69, 9.17) is 0 Å². The molecule has 1 atom stereocenters. The van der Waals surface area contributed by atoms with Crippen LogP contribution >= 0.6 is 0 Å². The van der Waals surface area contributed by atoms with E-state index in [1.54, 1.807) is 0 Å². The number of hydrogen-bond donors (Lipinski definition) is 1. The highest BCUT2D eigenvalue weighted by Crippen LogP contribution is 2.30. The number of nitrogens with one attached hydrogen (secondary N) is 1. The zero-order chi connectivity index (χ0) is 15.5. The van der Waals surface area contributed by atoms with Crippen LogP contribution in [0.4, 0.5) is 0 Å². The van der Waals surface area contributed by atoms with Gasteiger partial charge in [-0.2, -0.15) is 0 Å². The summed E-state index contributed by atoms with van der Waals surface area (Å²) in [5.74, 6) is 0. The summed E-state index contributed by atoms with van der Waals surface area (Å²) in [6, 6.07) is 7.38. The minimum absolute atomic E-state index is 0.471. The van der Waals surface area contributed by atoms with Gasteiger partial charge in [0.25, 0.3) is 0 Å². The minimum atomic E-state index is 0.471. The van der Waals surface area contributed by atoms with Crippen LogP contribution in [0.25, 0.3) is 0 Å². The SMILES string of the molecule is CNC(CCN1CCC(C)(C)CC1)c1cc(C)cc(C)c1. The molecule has 1 aliphatic rings. The highest BCUT2D eigenvalue weighted by atomic mass is 15.1. The number of aryl methyl sites for hydroxylation is 2. The molecule has 1 heterocycles. The first kappa shape index (κ1) is 16.5. The van der Waals surface area contributed by atoms with Gasteiger partial charge in [-0.1, -0.05) is 43.2 Å². The quantitative estimate of drug-likeness (QED) is 0.878. The van der Waals surface area contributed by atoms with Crippen LogP contribution < -0.4 is 5.32 Å². The maximum Gasteiger partial charge on any atom is 0.0329 e. The van der Waals surface area contributed by atoms with Gasteiger partial charge in [0.2, 0.25) is 0 Å². The van der Waals surface area contributed by atoms with E-state index in [1.165, 1.54) is 55.6 Å². The second-order valence-corrected chi connectivity index (χ2v) is 7.56. The van der Waals surface area contributed by atoms with Crippen molar-refractivity contribution >= 4 is 0 Å². The maximum absolute atomic E-state index is 3.50. The van der Waals surface area contributed by atoms with Crippen LogP contribution in [0, 0.1) is 19.3 Å². The average Bonchev–Trinajstić information content (AvgIpc) is 2.40. The van der Waals surface area contributed by atoms with Crippen LogP contribution in [-0.2, 0) is 0 Å². The fraction of sp³-hybridized carbons (Fsp3) is 0.684. The number of benzene rings is 1. The van der Waals surface area contributed by atoms with E-state index >= 15 is 0 Å². The summed E-state index contributed by atoms with van der Waals surface area (Å²) < 4.78 is 0. The Hall–Kier alpha value is -0.860. The van der Waals surface area contributed by atoms with Crippen LogP contribution in [0.5, 0.6) is 0 Å². The van der Waals surface area contributed by atoms with Crippen molar-refractivity contribution in [1.82, 2.24) is 10.2 Å². The molecule has 21 heavy (non-hydrogen) atoms. The summed E-state index contributed by atoms with van der Waals surface area (Å²) in [5, 5.41) is 3.50. The van der Waals surface area contributed by atoms with E-state index in [2.05, 4.69) is 63.2 Å². The lowest BCUT2D eigenvalue weighted by Crippen LogP contribution is -2.38. The molecule has 0 aliphatic carbocycles. The van der Waals surface area contributed by atoms with Gasteiger partial charge in [-0.15, -0.1) is 0 Å². The highest BCUT2D eigenvalue weighted by molar-refractivity contribution is 5.30. The molecule has 0 aromatic heterocycles. The molecular formula is C19H32N2. The van der Waals surface area contributed by atoms with Gasteiger partial charge in [-0.05, 0) is 70.8 Å². The van der Waals surface area contributed by atoms with Gasteiger partial charge in [0.05, 0.1) is 0 Å². The first-order valence-corrected chi connectivity index (χ1v) is 8.37. The summed E-state index contributed by atoms with van der Waals surface area (Å²) in [4.78, 5) is 2.64. The number of hydrogen-bond acceptors (Lipinski definition) is 2. The van der Waals surface area contributed by atoms with Crippen LogP contribution in [-0.4, -0.2) is 31.6 Å². The zero-order valence-corrected chi connectivity index (χ0v) is 14.5. The summed E-state index contributed by atoms with van der Waals surface area (Å²) >= 11 is 0. The molecule has 1 saturated heterocycles. The Bertz CT molecular complexity index is 434. The van der Waals surface area contributed by atoms with Gasteiger partial charge in [0, 0.05) is 6.04 Å². The number of likely N-dealkylation sites (tertiary alicyclic amines) is 1. The normalized spacial score (nSPS) is 20.4. The smallest absolute Gasteiger partial charge is 0.0329 e. The predicted octanol–water partition coefficient (Wildman–Crippen LogP) is 4.08. The van der Waals surface area contributed by atoms with Crippen molar-refractivity contribution in [3.63, 3.8) is 0 Å². The third-order valence-corrected chi connectivity index (χ3v) is 4.94. The molecule has 118 valence electrons. The summed E-state index contributed by atoms with van der Waals surface area (Å²) in [5.41, 5.74) is 4.72. The van der Waals surface area contributed by atoms with Crippen molar-refractivity contribution in [1.29, 1.82) is 0 Å². The van der Waals surface area contributed by atoms with E-state index in [0.29, 0.717) is 11.5 Å². The van der Waals surface area contributed by atoms with E-state index in [9.17, 15) is 0 Å². The topological polar surface area (TPSA) is 15.3 Å². The highest BCUT2D eigenvalue weighted by Gasteiger charge is 2.25. The minimum Gasteiger partial charge on any atom is -0.313 e. The molecule has 0 spiro atoms. The molecule has 0 amide bonds. The molecule has 1 aromatic carbocycles. The fourth-order valence-corrected chi connectivity index (χ4v) is 3.38. The van der Waals surface area contributed by atoms with Gasteiger partial charge in [0.15, 0.2) is 0 Å². The molecule has 1 aromatic rings. The molecule has 0 bridgehead atoms. The van der Waals surface area contributed by atoms with Crippen molar-refractivity contribution in [3.05, 3.63) is 34.9 Å². The Balaban J connectivity index is 1.91. The number of rotatable bonds is 5. The maximum atomic E-state index is 3.50. The first-order valence-electron chi connectivity index (χ1n) is 8.37. The van der Waals surface area contributed by atoms with Gasteiger partial charge in [-0.25, -0.2) is 0 Å². The van der Waals surface area contributed by atoms with Gasteiger partial charge in [0.1, 0.15) is 0 Å². The lowest BCUT2D eigenvalue weighted by Gasteiger charge is -2.37. The van der Waals surface area contributed by atoms with E-state index in [1.807, 2.05) is 0 Å². The third kappa shape index (κ3) is 4.82. The molecule has 0 saturated carbocycles. The lowest BCUT2D eigenvalue weighted by molar-refractivity contribution is 0.128. The molecule has 1 aliphatic heterocycles. The Kier molecular flexibility index (Phi) is 5.45. The first-order chi connectivity index (χ1) is 9.89. The van der Waals surface area contributed by atoms with Crippen molar-refractivity contribution in [2.45, 2.75) is 53.0 Å². The van der Waals surface area contributed by atoms with E-state index in [0.717, 1.165) is 0 Å². The lowest BCUT2D eigenvalue weighted by atomic mass is 9.82. The van der Waals surface area contributed by atoms with Crippen molar-refractivity contribution in [2.75, 3.05) is 26.7 Å². The monoisotopic (exact) mass is 288 g/mol. The Labute approximate surface area is 130 Å². The predicted molar refractivity (Wildman–Crippen MR) is 91.8 cm³/mol. The van der Waals surface area contributed by atoms with Crippen LogP contribution in [0.3, 0.4) is 0 Å². The molecule has 1 N–H and O–H groups in total. The second-order valence-electron chi connectivity index (χ2n) is 7.56. The Morgan fingerprint density at radius 3 is 2.19 bits per heavy atom. The molecule has 0 radical (unpaired) electrons. The Morgan fingerprint density at radius 2 is 1.67 bits per heavy atom. The van der Waals surface area contributed by atoms with Crippen molar-refractivity contribution in [2.24, 2.45) is 5.41 Å². The zero-order valence-electron chi connectivity index (χ0n) is 14.5. The number of nitrogens with zero attached hydrogens (tertiary/aromatic N) is 1. The largest absolute Gasteiger partial charge is 0.313 e. The summed E-state index contributed by atoms with van der Waals surface area (Å²) in [7, 11) is 2.08. The van der Waals surface area contributed by atoms with Gasteiger partial charge < -0.3 is 10.2 Å². The van der Waals surface area contributed by atoms with Crippen LogP contribution in [0.2, 0.25) is 0 Å². The van der Waals surface area contributed by atoms with Crippen molar-refractivity contribution < 1.29 is 0 Å². The van der Waals surface area contributed by atoms with Crippen molar-refractivity contribution in [3.8, 4) is 0 Å². The van der Waals surface area contributed by atoms with Gasteiger partial charge >= 0.3 is 0 Å². The van der Waals surface area contributed by atoms with Crippen LogP contribution in [0.1, 0.15) is 55.8 Å². The fourth-order valence-electron chi connectivity index (χ4n) is 3.38. The van der Waals surface area contributed by atoms with E-state index < -0.39 is 0 Å². The third-order valence-electron chi connectivity index (χ3n) is 4.94. The van der Waals surface area contributed by atoms with Crippen LogP contribution in [0.15, 0.2) is 18.2 Å². The molecule has 2 rings (SSSR count). The second kappa shape index (κ2) is 6.93. The number of piperidine rings is 1. The summed E-state index contributed by atoms with van der Waals surface area (Å²) in [6.07, 6.45) is 3.86. The molecule has 1 unspecified atom stereocenters.